The number of carbonyl (C=O) groups is 1. The van der Waals surface area contributed by atoms with Gasteiger partial charge in [0.25, 0.3) is 10.0 Å². The minimum Gasteiger partial charge on any atom is -0.481 e. The van der Waals surface area contributed by atoms with Crippen molar-refractivity contribution in [1.82, 2.24) is 14.3 Å². The number of nitrogens with zero attached hydrogens (tertiary/aromatic N) is 2. The van der Waals surface area contributed by atoms with Crippen LogP contribution in [0.2, 0.25) is 0 Å². The Hall–Kier alpha value is -1.41. The van der Waals surface area contributed by atoms with E-state index in [-0.39, 0.29) is 18.0 Å². The Balaban J connectivity index is 2.53. The molecular formula is C11H19N3O4S. The summed E-state index contributed by atoms with van der Waals surface area (Å²) in [6.07, 6.45) is 2.47. The highest BCUT2D eigenvalue weighted by atomic mass is 32.2. The van der Waals surface area contributed by atoms with Gasteiger partial charge in [-0.05, 0) is 26.7 Å². The van der Waals surface area contributed by atoms with Crippen LogP contribution in [0.4, 0.5) is 0 Å². The number of nitrogens with one attached hydrogen (secondary N) is 1. The lowest BCUT2D eigenvalue weighted by atomic mass is 10.2. The highest BCUT2D eigenvalue weighted by molar-refractivity contribution is 7.89. The Morgan fingerprint density at radius 2 is 2.16 bits per heavy atom. The van der Waals surface area contributed by atoms with Crippen LogP contribution in [0.5, 0.6) is 0 Å². The van der Waals surface area contributed by atoms with Crippen molar-refractivity contribution < 1.29 is 18.3 Å². The van der Waals surface area contributed by atoms with Crippen molar-refractivity contribution in [1.29, 1.82) is 0 Å². The maximum Gasteiger partial charge on any atom is 0.303 e. The van der Waals surface area contributed by atoms with E-state index in [1.165, 1.54) is 6.20 Å². The molecule has 1 rings (SSSR count). The molecule has 0 radical (unpaired) electrons. The van der Waals surface area contributed by atoms with Gasteiger partial charge in [-0.2, -0.15) is 0 Å². The molecule has 0 bridgehead atoms. The summed E-state index contributed by atoms with van der Waals surface area (Å²) >= 11 is 0. The van der Waals surface area contributed by atoms with Gasteiger partial charge in [-0.25, -0.2) is 18.1 Å². The number of sulfonamides is 1. The first-order chi connectivity index (χ1) is 8.86. The molecule has 1 aromatic rings. The van der Waals surface area contributed by atoms with Gasteiger partial charge in [-0.15, -0.1) is 0 Å². The predicted molar refractivity (Wildman–Crippen MR) is 69.3 cm³/mol. The molecule has 8 heteroatoms. The largest absolute Gasteiger partial charge is 0.481 e. The number of hydrogen-bond donors (Lipinski definition) is 2. The van der Waals surface area contributed by atoms with E-state index in [9.17, 15) is 13.2 Å². The van der Waals surface area contributed by atoms with Gasteiger partial charge in [0.2, 0.25) is 0 Å². The van der Waals surface area contributed by atoms with Crippen molar-refractivity contribution in [3.63, 3.8) is 0 Å². The van der Waals surface area contributed by atoms with Gasteiger partial charge in [0, 0.05) is 25.7 Å². The average Bonchev–Trinajstić information content (AvgIpc) is 2.70. The summed E-state index contributed by atoms with van der Waals surface area (Å²) in [5, 5.41) is 8.46. The highest BCUT2D eigenvalue weighted by Crippen LogP contribution is 2.09. The molecule has 2 N–H and O–H groups in total. The Kier molecular flexibility index (Phi) is 5.49. The second kappa shape index (κ2) is 6.67. The Bertz CT molecular complexity index is 536. The SMILES string of the molecule is CCn1cc(S(=O)(=O)NCCCCC(=O)O)nc1C. The first-order valence-electron chi connectivity index (χ1n) is 6.12. The number of carboxylic acid groups (broad SMARTS) is 1. The number of aryl methyl sites for hydroxylation is 2. The molecule has 1 aromatic heterocycles. The molecule has 1 heterocycles. The molecule has 0 aliphatic rings. The third-order valence-corrected chi connectivity index (χ3v) is 4.01. The molecule has 0 aliphatic heterocycles. The van der Waals surface area contributed by atoms with Crippen molar-refractivity contribution in [2.24, 2.45) is 0 Å². The molecule has 0 spiro atoms. The van der Waals surface area contributed by atoms with E-state index in [0.717, 1.165) is 0 Å². The summed E-state index contributed by atoms with van der Waals surface area (Å²) in [6.45, 7) is 4.53. The Morgan fingerprint density at radius 3 is 2.68 bits per heavy atom. The number of unbranched alkanes of at least 4 members (excludes halogenated alkanes) is 1. The van der Waals surface area contributed by atoms with Gasteiger partial charge in [-0.1, -0.05) is 0 Å². The van der Waals surface area contributed by atoms with E-state index in [0.29, 0.717) is 25.2 Å². The van der Waals surface area contributed by atoms with Crippen LogP contribution in [0.1, 0.15) is 32.0 Å². The van der Waals surface area contributed by atoms with Gasteiger partial charge in [-0.3, -0.25) is 4.79 Å². The maximum absolute atomic E-state index is 11.9. The third-order valence-electron chi connectivity index (χ3n) is 2.68. The summed E-state index contributed by atoms with van der Waals surface area (Å²) in [5.41, 5.74) is 0. The van der Waals surface area contributed by atoms with E-state index in [4.69, 9.17) is 5.11 Å². The van der Waals surface area contributed by atoms with Crippen LogP contribution in [0.25, 0.3) is 0 Å². The first kappa shape index (κ1) is 15.6. The number of hydrogen-bond acceptors (Lipinski definition) is 4. The van der Waals surface area contributed by atoms with E-state index >= 15 is 0 Å². The van der Waals surface area contributed by atoms with Gasteiger partial charge in [0.05, 0.1) is 0 Å². The van der Waals surface area contributed by atoms with Crippen molar-refractivity contribution in [2.45, 2.75) is 44.7 Å². The molecule has 0 amide bonds. The average molecular weight is 289 g/mol. The van der Waals surface area contributed by atoms with Crippen LogP contribution in [-0.4, -0.2) is 35.6 Å². The fourth-order valence-corrected chi connectivity index (χ4v) is 2.69. The molecule has 0 saturated carbocycles. The summed E-state index contributed by atoms with van der Waals surface area (Å²) in [7, 11) is -3.60. The second-order valence-corrected chi connectivity index (χ2v) is 5.87. The Morgan fingerprint density at radius 1 is 1.47 bits per heavy atom. The lowest BCUT2D eigenvalue weighted by molar-refractivity contribution is -0.137. The highest BCUT2D eigenvalue weighted by Gasteiger charge is 2.18. The smallest absolute Gasteiger partial charge is 0.303 e. The standard InChI is InChI=1S/C11H19N3O4S/c1-3-14-8-10(13-9(14)2)19(17,18)12-7-5-4-6-11(15)16/h8,12H,3-7H2,1-2H3,(H,15,16). The molecular weight excluding hydrogens is 270 g/mol. The minimum atomic E-state index is -3.60. The van der Waals surface area contributed by atoms with Crippen LogP contribution in [0, 0.1) is 6.92 Å². The van der Waals surface area contributed by atoms with E-state index in [2.05, 4.69) is 9.71 Å². The lowest BCUT2D eigenvalue weighted by Gasteiger charge is -2.03. The zero-order valence-electron chi connectivity index (χ0n) is 11.1. The number of imidazole rings is 1. The zero-order valence-corrected chi connectivity index (χ0v) is 11.9. The quantitative estimate of drug-likeness (QED) is 0.687. The van der Waals surface area contributed by atoms with Crippen LogP contribution >= 0.6 is 0 Å². The van der Waals surface area contributed by atoms with Crippen LogP contribution < -0.4 is 4.72 Å². The van der Waals surface area contributed by atoms with E-state index in [1.54, 1.807) is 11.5 Å². The van der Waals surface area contributed by atoms with Crippen LogP contribution in [0.15, 0.2) is 11.2 Å². The third kappa shape index (κ3) is 4.64. The number of rotatable bonds is 8. The fourth-order valence-electron chi connectivity index (χ4n) is 1.61. The summed E-state index contributed by atoms with van der Waals surface area (Å²) in [5.74, 6) is -0.228. The van der Waals surface area contributed by atoms with Gasteiger partial charge in [0.15, 0.2) is 5.03 Å². The van der Waals surface area contributed by atoms with Gasteiger partial charge < -0.3 is 9.67 Å². The summed E-state index contributed by atoms with van der Waals surface area (Å²) in [4.78, 5) is 14.3. The van der Waals surface area contributed by atoms with E-state index in [1.807, 2.05) is 6.92 Å². The lowest BCUT2D eigenvalue weighted by Crippen LogP contribution is -2.25. The normalized spacial score (nSPS) is 11.7. The minimum absolute atomic E-state index is 0.00471. The van der Waals surface area contributed by atoms with Crippen molar-refractivity contribution in [3.05, 3.63) is 12.0 Å². The monoisotopic (exact) mass is 289 g/mol. The topological polar surface area (TPSA) is 101 Å². The molecule has 108 valence electrons. The van der Waals surface area contributed by atoms with Crippen molar-refractivity contribution in [3.8, 4) is 0 Å². The maximum atomic E-state index is 11.9. The van der Waals surface area contributed by atoms with Crippen LogP contribution in [-0.2, 0) is 21.4 Å². The van der Waals surface area contributed by atoms with E-state index < -0.39 is 16.0 Å². The Labute approximate surface area is 112 Å². The number of carboxylic acids is 1. The van der Waals surface area contributed by atoms with Crippen LogP contribution in [0.3, 0.4) is 0 Å². The summed E-state index contributed by atoms with van der Waals surface area (Å²) < 4.78 is 28.0. The van der Waals surface area contributed by atoms with Crippen molar-refractivity contribution >= 4 is 16.0 Å². The number of aromatic nitrogens is 2. The predicted octanol–water partition coefficient (Wildman–Crippen LogP) is 0.745. The second-order valence-electron chi connectivity index (χ2n) is 4.16. The molecule has 0 saturated heterocycles. The fraction of sp³-hybridized carbons (Fsp3) is 0.636. The molecule has 0 atom stereocenters. The molecule has 0 aliphatic carbocycles. The van der Waals surface area contributed by atoms with Gasteiger partial charge >= 0.3 is 5.97 Å². The molecule has 0 unspecified atom stereocenters. The molecule has 0 fully saturated rings. The van der Waals surface area contributed by atoms with Gasteiger partial charge in [0.1, 0.15) is 5.82 Å². The van der Waals surface area contributed by atoms with Crippen molar-refractivity contribution in [2.75, 3.05) is 6.54 Å². The zero-order chi connectivity index (χ0) is 14.5. The molecule has 19 heavy (non-hydrogen) atoms. The molecule has 0 aromatic carbocycles. The molecule has 7 nitrogen and oxygen atoms in total. The first-order valence-corrected chi connectivity index (χ1v) is 7.60. The summed E-state index contributed by atoms with van der Waals surface area (Å²) in [6, 6.07) is 0. The number of aliphatic carboxylic acids is 1.